The molecular formula is C28H50. The maximum Gasteiger partial charge on any atom is -0.0326 e. The molecule has 0 saturated heterocycles. The van der Waals surface area contributed by atoms with E-state index in [9.17, 15) is 0 Å². The van der Waals surface area contributed by atoms with E-state index < -0.39 is 0 Å². The lowest BCUT2D eigenvalue weighted by molar-refractivity contribution is 0.0435. The number of rotatable bonds is 1. The number of hydrogen-bond acceptors (Lipinski definition) is 0. The van der Waals surface area contributed by atoms with Gasteiger partial charge in [0, 0.05) is 0 Å². The summed E-state index contributed by atoms with van der Waals surface area (Å²) in [7, 11) is 0. The van der Waals surface area contributed by atoms with Crippen molar-refractivity contribution < 1.29 is 0 Å². The lowest BCUT2D eigenvalue weighted by atomic mass is 9.60. The van der Waals surface area contributed by atoms with Crippen molar-refractivity contribution in [2.45, 2.75) is 141 Å². The zero-order valence-corrected chi connectivity index (χ0v) is 19.0. The summed E-state index contributed by atoms with van der Waals surface area (Å²) in [4.78, 5) is 0. The normalized spacial score (nSPS) is 40.1. The van der Waals surface area contributed by atoms with Crippen molar-refractivity contribution in [3.05, 3.63) is 0 Å². The van der Waals surface area contributed by atoms with Gasteiger partial charge in [0.2, 0.25) is 0 Å². The van der Waals surface area contributed by atoms with Crippen LogP contribution in [0.25, 0.3) is 0 Å². The van der Waals surface area contributed by atoms with Gasteiger partial charge in [-0.25, -0.2) is 0 Å². The number of hydrogen-bond donors (Lipinski definition) is 0. The highest BCUT2D eigenvalue weighted by Gasteiger charge is 2.40. The van der Waals surface area contributed by atoms with E-state index in [0.717, 1.165) is 35.5 Å². The minimum Gasteiger partial charge on any atom is -0.0533 e. The van der Waals surface area contributed by atoms with Crippen LogP contribution in [0, 0.1) is 35.5 Å². The Morgan fingerprint density at radius 1 is 0.286 bits per heavy atom. The average molecular weight is 387 g/mol. The largest absolute Gasteiger partial charge is 0.0533 e. The molecule has 3 unspecified atom stereocenters. The van der Waals surface area contributed by atoms with Crippen LogP contribution in [0.5, 0.6) is 0 Å². The van der Waals surface area contributed by atoms with E-state index in [1.165, 1.54) is 38.5 Å². The third kappa shape index (κ3) is 5.78. The summed E-state index contributed by atoms with van der Waals surface area (Å²) in [6.07, 6.45) is 34.4. The molecule has 5 aliphatic carbocycles. The molecule has 4 bridgehead atoms. The second kappa shape index (κ2) is 11.4. The van der Waals surface area contributed by atoms with Crippen LogP contribution in [0.3, 0.4) is 0 Å². The van der Waals surface area contributed by atoms with Gasteiger partial charge in [-0.2, -0.15) is 0 Å². The van der Waals surface area contributed by atoms with E-state index in [4.69, 9.17) is 0 Å². The topological polar surface area (TPSA) is 0 Å². The third-order valence-electron chi connectivity index (χ3n) is 9.78. The predicted octanol–water partition coefficient (Wildman–Crippen LogP) is 9.32. The maximum atomic E-state index is 1.60. The molecule has 0 N–H and O–H groups in total. The molecule has 0 aromatic heterocycles. The quantitative estimate of drug-likeness (QED) is 0.421. The first-order valence-electron chi connectivity index (χ1n) is 13.9. The van der Waals surface area contributed by atoms with Crippen molar-refractivity contribution in [2.75, 3.05) is 0 Å². The lowest BCUT2D eigenvalue weighted by Crippen LogP contribution is -2.37. The van der Waals surface area contributed by atoms with Crippen molar-refractivity contribution in [1.29, 1.82) is 0 Å². The van der Waals surface area contributed by atoms with E-state index in [0.29, 0.717) is 0 Å². The molecule has 0 nitrogen and oxygen atoms in total. The van der Waals surface area contributed by atoms with Gasteiger partial charge in [0.1, 0.15) is 0 Å². The Balaban J connectivity index is 1.61. The molecule has 0 heterocycles. The van der Waals surface area contributed by atoms with Crippen LogP contribution < -0.4 is 0 Å². The molecule has 0 heteroatoms. The summed E-state index contributed by atoms with van der Waals surface area (Å²) in [6.45, 7) is 0. The standard InChI is InChI=1S/C28H50/c1-3-7-14-25(15-8-4-1)28-26-16-9-5-2-6-10-18-27(28)24-21-19-23(20-22-24)13-11-12-17-26/h23-28H,1-22H2. The highest BCUT2D eigenvalue weighted by atomic mass is 14.5. The van der Waals surface area contributed by atoms with Gasteiger partial charge in [0.25, 0.3) is 0 Å². The summed E-state index contributed by atoms with van der Waals surface area (Å²) >= 11 is 0. The van der Waals surface area contributed by atoms with Crippen molar-refractivity contribution in [3.8, 4) is 0 Å². The molecule has 0 amide bonds. The first-order chi connectivity index (χ1) is 13.9. The van der Waals surface area contributed by atoms with Crippen LogP contribution in [0.15, 0.2) is 0 Å². The molecule has 5 fully saturated rings. The fourth-order valence-electron chi connectivity index (χ4n) is 8.29. The van der Waals surface area contributed by atoms with E-state index in [-0.39, 0.29) is 0 Å². The highest BCUT2D eigenvalue weighted by molar-refractivity contribution is 4.90. The second-order valence-corrected chi connectivity index (χ2v) is 11.5. The predicted molar refractivity (Wildman–Crippen MR) is 123 cm³/mol. The Labute approximate surface area is 177 Å². The van der Waals surface area contributed by atoms with Crippen molar-refractivity contribution in [3.63, 3.8) is 0 Å². The molecule has 5 rings (SSSR count). The summed E-state index contributed by atoms with van der Waals surface area (Å²) in [6, 6.07) is 0. The van der Waals surface area contributed by atoms with Crippen molar-refractivity contribution in [2.24, 2.45) is 35.5 Å². The first kappa shape index (κ1) is 21.2. The van der Waals surface area contributed by atoms with Gasteiger partial charge in [-0.3, -0.25) is 0 Å². The minimum atomic E-state index is 1.09. The molecule has 5 aliphatic rings. The van der Waals surface area contributed by atoms with E-state index in [1.54, 1.807) is 103 Å². The minimum absolute atomic E-state index is 1.09. The second-order valence-electron chi connectivity index (χ2n) is 11.5. The van der Waals surface area contributed by atoms with Gasteiger partial charge < -0.3 is 0 Å². The van der Waals surface area contributed by atoms with Gasteiger partial charge in [0.05, 0.1) is 0 Å². The average Bonchev–Trinajstić information content (AvgIpc) is 2.74. The van der Waals surface area contributed by atoms with Crippen LogP contribution in [-0.4, -0.2) is 0 Å². The van der Waals surface area contributed by atoms with Gasteiger partial charge in [-0.15, -0.1) is 0 Å². The van der Waals surface area contributed by atoms with Crippen molar-refractivity contribution >= 4 is 0 Å². The van der Waals surface area contributed by atoms with Crippen LogP contribution in [-0.2, 0) is 0 Å². The molecule has 0 radical (unpaired) electrons. The smallest absolute Gasteiger partial charge is 0.0326 e. The maximum absolute atomic E-state index is 1.60. The third-order valence-corrected chi connectivity index (χ3v) is 9.78. The molecule has 162 valence electrons. The van der Waals surface area contributed by atoms with Crippen molar-refractivity contribution in [1.82, 2.24) is 0 Å². The zero-order chi connectivity index (χ0) is 19.0. The Hall–Kier alpha value is 0. The van der Waals surface area contributed by atoms with Gasteiger partial charge in [0.15, 0.2) is 0 Å². The molecule has 0 aliphatic heterocycles. The Morgan fingerprint density at radius 2 is 0.714 bits per heavy atom. The van der Waals surface area contributed by atoms with Crippen LogP contribution in [0.4, 0.5) is 0 Å². The Bertz CT molecular complexity index is 410. The first-order valence-corrected chi connectivity index (χ1v) is 13.9. The summed E-state index contributed by atoms with van der Waals surface area (Å²) in [5.41, 5.74) is 0. The summed E-state index contributed by atoms with van der Waals surface area (Å²) in [5.74, 6) is 6.59. The number of fused-ring (bicyclic) bond motifs is 5. The van der Waals surface area contributed by atoms with E-state index >= 15 is 0 Å². The van der Waals surface area contributed by atoms with Crippen LogP contribution in [0.1, 0.15) is 141 Å². The van der Waals surface area contributed by atoms with E-state index in [1.807, 2.05) is 0 Å². The van der Waals surface area contributed by atoms with E-state index in [2.05, 4.69) is 0 Å². The monoisotopic (exact) mass is 386 g/mol. The summed E-state index contributed by atoms with van der Waals surface area (Å²) in [5, 5.41) is 0. The Morgan fingerprint density at radius 3 is 1.29 bits per heavy atom. The fourth-order valence-corrected chi connectivity index (χ4v) is 8.29. The zero-order valence-electron chi connectivity index (χ0n) is 19.0. The summed E-state index contributed by atoms with van der Waals surface area (Å²) < 4.78 is 0. The van der Waals surface area contributed by atoms with Crippen LogP contribution >= 0.6 is 0 Å². The van der Waals surface area contributed by atoms with Crippen LogP contribution in [0.2, 0.25) is 0 Å². The van der Waals surface area contributed by atoms with Gasteiger partial charge >= 0.3 is 0 Å². The Kier molecular flexibility index (Phi) is 8.65. The van der Waals surface area contributed by atoms with Gasteiger partial charge in [-0.05, 0) is 54.8 Å². The molecule has 28 heavy (non-hydrogen) atoms. The lowest BCUT2D eigenvalue weighted by Gasteiger charge is -2.45. The molecular weight excluding hydrogens is 336 g/mol. The highest BCUT2D eigenvalue weighted by Crippen LogP contribution is 2.50. The molecule has 0 spiro atoms. The fraction of sp³-hybridized carbons (Fsp3) is 1.00. The van der Waals surface area contributed by atoms with Gasteiger partial charge in [-0.1, -0.05) is 122 Å². The molecule has 3 atom stereocenters. The molecule has 0 aromatic carbocycles. The SMILES string of the molecule is C1CCCC(C2C3CCCCCCCC2C2CCC(CCCC3)CC2)CCC1. The molecule has 0 aromatic rings. The molecule has 5 saturated carbocycles.